The fourth-order valence-electron chi connectivity index (χ4n) is 1.61. The van der Waals surface area contributed by atoms with Crippen molar-refractivity contribution in [3.05, 3.63) is 23.8 Å². The first-order chi connectivity index (χ1) is 9.90. The van der Waals surface area contributed by atoms with Crippen LogP contribution < -0.4 is 5.73 Å². The van der Waals surface area contributed by atoms with Crippen molar-refractivity contribution in [2.24, 2.45) is 0 Å². The average Bonchev–Trinajstić information content (AvgIpc) is 2.28. The number of nitrogens with two attached hydrogens (primary N) is 1. The van der Waals surface area contributed by atoms with Crippen LogP contribution in [0.25, 0.3) is 0 Å². The standard InChI is InChI=1S/C11H10F9NOS/c1-6-4-7(2-3-8(6)21)23(19,20,22)11(17,18)9(12,13)5-10(14,15)16/h2-4H,5,21H2,1H3. The molecule has 0 heterocycles. The van der Waals surface area contributed by atoms with E-state index in [1.165, 1.54) is 0 Å². The second kappa shape index (κ2) is 5.02. The van der Waals surface area contributed by atoms with Crippen LogP contribution in [0.2, 0.25) is 0 Å². The second-order valence-corrected chi connectivity index (χ2v) is 7.30. The largest absolute Gasteiger partial charge is 0.416 e. The highest BCUT2D eigenvalue weighted by molar-refractivity contribution is 8.12. The molecule has 0 aliphatic rings. The fraction of sp³-hybridized carbons (Fsp3) is 0.455. The van der Waals surface area contributed by atoms with Crippen LogP contribution in [0.4, 0.5) is 44.2 Å². The molecule has 12 heteroatoms. The zero-order chi connectivity index (χ0) is 18.5. The van der Waals surface area contributed by atoms with E-state index < -0.39 is 38.5 Å². The molecular weight excluding hydrogens is 365 g/mol. The van der Waals surface area contributed by atoms with Crippen LogP contribution in [0.5, 0.6) is 0 Å². The Bertz CT molecular complexity index is 677. The third-order valence-corrected chi connectivity index (χ3v) is 5.10. The van der Waals surface area contributed by atoms with Gasteiger partial charge in [-0.25, -0.2) is 4.21 Å². The van der Waals surface area contributed by atoms with Crippen LogP contribution in [0.3, 0.4) is 0 Å². The summed E-state index contributed by atoms with van der Waals surface area (Å²) in [6, 6.07) is 0.881. The summed E-state index contributed by atoms with van der Waals surface area (Å²) in [6.45, 7) is 1.04. The molecule has 0 aromatic heterocycles. The molecule has 2 nitrogen and oxygen atoms in total. The summed E-state index contributed by atoms with van der Waals surface area (Å²) in [5, 5.41) is -6.75. The van der Waals surface area contributed by atoms with Gasteiger partial charge in [-0.05, 0) is 30.7 Å². The van der Waals surface area contributed by atoms with Gasteiger partial charge in [0.05, 0.1) is 4.90 Å². The fourth-order valence-corrected chi connectivity index (χ4v) is 3.14. The molecule has 0 radical (unpaired) electrons. The van der Waals surface area contributed by atoms with Crippen molar-refractivity contribution in [3.63, 3.8) is 0 Å². The summed E-state index contributed by atoms with van der Waals surface area (Å²) in [4.78, 5) is -2.01. The molecule has 0 aliphatic carbocycles. The average molecular weight is 375 g/mol. The molecule has 0 bridgehead atoms. The normalized spacial score (nSPS) is 16.0. The van der Waals surface area contributed by atoms with Crippen molar-refractivity contribution >= 4 is 15.5 Å². The number of alkyl halides is 7. The number of halogens is 9. The maximum atomic E-state index is 13.9. The quantitative estimate of drug-likeness (QED) is 0.471. The molecule has 0 unspecified atom stereocenters. The van der Waals surface area contributed by atoms with Crippen LogP contribution in [-0.4, -0.2) is 21.6 Å². The Morgan fingerprint density at radius 2 is 1.52 bits per heavy atom. The Morgan fingerprint density at radius 1 is 1.04 bits per heavy atom. The van der Waals surface area contributed by atoms with Gasteiger partial charge in [0.2, 0.25) is 0 Å². The molecule has 1 aromatic rings. The minimum atomic E-state index is -8.68. The monoisotopic (exact) mass is 375 g/mol. The number of nitrogen functional groups attached to an aromatic ring is 1. The van der Waals surface area contributed by atoms with Crippen LogP contribution in [0.15, 0.2) is 23.1 Å². The topological polar surface area (TPSA) is 43.1 Å². The zero-order valence-corrected chi connectivity index (χ0v) is 12.1. The van der Waals surface area contributed by atoms with E-state index in [0.29, 0.717) is 6.07 Å². The van der Waals surface area contributed by atoms with Gasteiger partial charge in [0.1, 0.15) is 6.42 Å². The summed E-state index contributed by atoms with van der Waals surface area (Å²) in [5.41, 5.74) is 4.76. The second-order valence-electron chi connectivity index (χ2n) is 4.79. The number of benzene rings is 1. The predicted octanol–water partition coefficient (Wildman–Crippen LogP) is 4.71. The Balaban J connectivity index is 3.53. The van der Waals surface area contributed by atoms with Gasteiger partial charge < -0.3 is 5.73 Å². The van der Waals surface area contributed by atoms with Crippen molar-refractivity contribution in [3.8, 4) is 0 Å². The summed E-state index contributed by atoms with van der Waals surface area (Å²) in [7, 11) is -8.68. The number of aryl methyl sites for hydroxylation is 1. The number of hydrogen-bond acceptors (Lipinski definition) is 2. The Morgan fingerprint density at radius 3 is 1.91 bits per heavy atom. The maximum Gasteiger partial charge on any atom is 0.416 e. The summed E-state index contributed by atoms with van der Waals surface area (Å²) in [6.07, 6.45) is -9.43. The van der Waals surface area contributed by atoms with E-state index in [-0.39, 0.29) is 23.4 Å². The molecule has 1 aromatic carbocycles. The first kappa shape index (κ1) is 19.6. The van der Waals surface area contributed by atoms with Crippen LogP contribution in [0, 0.1) is 6.92 Å². The lowest BCUT2D eigenvalue weighted by Crippen LogP contribution is -2.56. The highest BCUT2D eigenvalue weighted by atomic mass is 32.3. The zero-order valence-electron chi connectivity index (χ0n) is 11.2. The van der Waals surface area contributed by atoms with Crippen LogP contribution in [0.1, 0.15) is 12.0 Å². The van der Waals surface area contributed by atoms with E-state index in [1.54, 1.807) is 0 Å². The van der Waals surface area contributed by atoms with Gasteiger partial charge in [-0.2, -0.15) is 30.7 Å². The van der Waals surface area contributed by atoms with E-state index in [9.17, 15) is 42.7 Å². The number of rotatable bonds is 4. The van der Waals surface area contributed by atoms with Crippen molar-refractivity contribution in [2.75, 3.05) is 5.73 Å². The van der Waals surface area contributed by atoms with Gasteiger partial charge >= 0.3 is 17.4 Å². The molecule has 0 aliphatic heterocycles. The summed E-state index contributed by atoms with van der Waals surface area (Å²) < 4.78 is 128. The molecule has 2 N–H and O–H groups in total. The van der Waals surface area contributed by atoms with Crippen LogP contribution in [-0.2, 0) is 9.84 Å². The lowest BCUT2D eigenvalue weighted by atomic mass is 10.2. The van der Waals surface area contributed by atoms with Gasteiger partial charge in [0.25, 0.3) is 9.84 Å². The highest BCUT2D eigenvalue weighted by Gasteiger charge is 2.77. The molecule has 0 atom stereocenters. The van der Waals surface area contributed by atoms with Gasteiger partial charge in [-0.3, -0.25) is 0 Å². The van der Waals surface area contributed by atoms with Gasteiger partial charge in [0.15, 0.2) is 0 Å². The SMILES string of the molecule is Cc1cc(S(=O)(F)(F)C(F)(F)C(F)(F)CC(F)(F)F)ccc1N. The molecule has 0 amide bonds. The van der Waals surface area contributed by atoms with Gasteiger partial charge in [-0.1, -0.05) is 0 Å². The predicted molar refractivity (Wildman–Crippen MR) is 64.8 cm³/mol. The third kappa shape index (κ3) is 3.26. The third-order valence-electron chi connectivity index (χ3n) is 2.91. The molecule has 0 saturated heterocycles. The number of hydrogen-bond donors (Lipinski definition) is 1. The minimum Gasteiger partial charge on any atom is -0.399 e. The first-order valence-electron chi connectivity index (χ1n) is 5.69. The van der Waals surface area contributed by atoms with Crippen molar-refractivity contribution in [2.45, 2.75) is 35.6 Å². The molecule has 0 spiro atoms. The lowest BCUT2D eigenvalue weighted by molar-refractivity contribution is -0.238. The van der Waals surface area contributed by atoms with Gasteiger partial charge in [0, 0.05) is 5.69 Å². The Kier molecular flexibility index (Phi) is 4.27. The Labute approximate surface area is 124 Å². The van der Waals surface area contributed by atoms with Crippen LogP contribution >= 0.6 is 0 Å². The summed E-state index contributed by atoms with van der Waals surface area (Å²) >= 11 is 0. The van der Waals surface area contributed by atoms with E-state index in [4.69, 9.17) is 5.73 Å². The van der Waals surface area contributed by atoms with E-state index in [1.807, 2.05) is 0 Å². The van der Waals surface area contributed by atoms with E-state index in [2.05, 4.69) is 0 Å². The lowest BCUT2D eigenvalue weighted by Gasteiger charge is -2.37. The smallest absolute Gasteiger partial charge is 0.399 e. The highest BCUT2D eigenvalue weighted by Crippen LogP contribution is 2.60. The molecule has 0 saturated carbocycles. The van der Waals surface area contributed by atoms with Gasteiger partial charge in [-0.15, -0.1) is 7.77 Å². The first-order valence-corrected chi connectivity index (χ1v) is 7.46. The molecule has 0 fully saturated rings. The molecular formula is C11H10F9NOS. The van der Waals surface area contributed by atoms with Crippen molar-refractivity contribution in [1.29, 1.82) is 0 Å². The molecule has 23 heavy (non-hydrogen) atoms. The van der Waals surface area contributed by atoms with E-state index in [0.717, 1.165) is 6.92 Å². The van der Waals surface area contributed by atoms with E-state index >= 15 is 0 Å². The molecule has 134 valence electrons. The maximum absolute atomic E-state index is 13.9. The van der Waals surface area contributed by atoms with Crippen molar-refractivity contribution < 1.29 is 42.7 Å². The number of anilines is 1. The van der Waals surface area contributed by atoms with Crippen molar-refractivity contribution in [1.82, 2.24) is 0 Å². The molecule has 1 rings (SSSR count). The Hall–Kier alpha value is -1.46. The minimum absolute atomic E-state index is 0.106. The summed E-state index contributed by atoms with van der Waals surface area (Å²) in [5.74, 6) is -6.28.